The van der Waals surface area contributed by atoms with Gasteiger partial charge in [0.2, 0.25) is 0 Å². The molecule has 5 atom stereocenters. The standard InChI is InChI=1S/C26H35NO3/c1-17-22(30-4)11-10-19-23(18-8-6-5-7-9-18)24-20(27(14-15-28)25(17)19)12-13-26(2,3)16-21(24)29/h5-11,17,20,23-25,28H,12-16H2,1-4H3/t17-,20?,23?,24?,25?/m1/s1. The van der Waals surface area contributed by atoms with E-state index in [0.717, 1.165) is 18.6 Å². The van der Waals surface area contributed by atoms with E-state index in [1.54, 1.807) is 7.11 Å². The number of aliphatic hydroxyl groups is 1. The number of rotatable bonds is 4. The highest BCUT2D eigenvalue weighted by atomic mass is 16.5. The lowest BCUT2D eigenvalue weighted by atomic mass is 9.64. The van der Waals surface area contributed by atoms with E-state index in [1.165, 1.54) is 11.1 Å². The molecule has 3 aliphatic rings. The summed E-state index contributed by atoms with van der Waals surface area (Å²) in [5.74, 6) is 1.52. The quantitative estimate of drug-likeness (QED) is 0.805. The Labute approximate surface area is 180 Å². The fraction of sp³-hybridized carbons (Fsp3) is 0.577. The zero-order valence-electron chi connectivity index (χ0n) is 18.7. The summed E-state index contributed by atoms with van der Waals surface area (Å²) < 4.78 is 5.70. The Morgan fingerprint density at radius 3 is 2.60 bits per heavy atom. The van der Waals surface area contributed by atoms with Crippen molar-refractivity contribution in [3.8, 4) is 0 Å². The fourth-order valence-corrected chi connectivity index (χ4v) is 6.18. The van der Waals surface area contributed by atoms with Crippen molar-refractivity contribution in [2.45, 2.75) is 58.0 Å². The second kappa shape index (κ2) is 8.32. The van der Waals surface area contributed by atoms with Gasteiger partial charge in [-0.2, -0.15) is 0 Å². The van der Waals surface area contributed by atoms with Crippen molar-refractivity contribution in [2.75, 3.05) is 20.3 Å². The number of piperidine rings is 1. The summed E-state index contributed by atoms with van der Waals surface area (Å²) in [5, 5.41) is 9.94. The predicted octanol–water partition coefficient (Wildman–Crippen LogP) is 4.32. The molecule has 30 heavy (non-hydrogen) atoms. The molecule has 1 aliphatic heterocycles. The monoisotopic (exact) mass is 409 g/mol. The van der Waals surface area contributed by atoms with Crippen LogP contribution in [0.3, 0.4) is 0 Å². The fourth-order valence-electron chi connectivity index (χ4n) is 6.18. The van der Waals surface area contributed by atoms with E-state index in [2.05, 4.69) is 62.1 Å². The summed E-state index contributed by atoms with van der Waals surface area (Å²) in [6.07, 6.45) is 6.89. The predicted molar refractivity (Wildman–Crippen MR) is 119 cm³/mol. The van der Waals surface area contributed by atoms with E-state index >= 15 is 0 Å². The maximum Gasteiger partial charge on any atom is 0.139 e. The molecular formula is C26H35NO3. The lowest BCUT2D eigenvalue weighted by Gasteiger charge is -2.53. The molecule has 4 rings (SSSR count). The lowest BCUT2D eigenvalue weighted by molar-refractivity contribution is -0.128. The largest absolute Gasteiger partial charge is 0.501 e. The van der Waals surface area contributed by atoms with E-state index in [4.69, 9.17) is 4.74 Å². The minimum absolute atomic E-state index is 0.0155. The van der Waals surface area contributed by atoms with E-state index in [0.29, 0.717) is 18.7 Å². The summed E-state index contributed by atoms with van der Waals surface area (Å²) in [5.41, 5.74) is 2.53. The van der Waals surface area contributed by atoms with Crippen LogP contribution >= 0.6 is 0 Å². The molecule has 0 amide bonds. The average molecular weight is 410 g/mol. The topological polar surface area (TPSA) is 49.8 Å². The van der Waals surface area contributed by atoms with Crippen LogP contribution in [-0.4, -0.2) is 48.1 Å². The molecule has 2 aliphatic carbocycles. The van der Waals surface area contributed by atoms with E-state index in [9.17, 15) is 9.90 Å². The van der Waals surface area contributed by atoms with Crippen molar-refractivity contribution < 1.29 is 14.6 Å². The Morgan fingerprint density at radius 1 is 1.20 bits per heavy atom. The number of likely N-dealkylation sites (tertiary alicyclic amines) is 1. The molecule has 1 aromatic rings. The highest BCUT2D eigenvalue weighted by molar-refractivity contribution is 5.85. The van der Waals surface area contributed by atoms with E-state index in [-0.39, 0.29) is 41.9 Å². The molecule has 1 saturated carbocycles. The van der Waals surface area contributed by atoms with Crippen LogP contribution in [0.2, 0.25) is 0 Å². The van der Waals surface area contributed by atoms with Gasteiger partial charge in [-0.25, -0.2) is 0 Å². The number of carbonyl (C=O) groups is 1. The van der Waals surface area contributed by atoms with Gasteiger partial charge in [-0.15, -0.1) is 0 Å². The molecule has 0 aromatic heterocycles. The number of allylic oxidation sites excluding steroid dienone is 2. The van der Waals surface area contributed by atoms with Crippen molar-refractivity contribution >= 4 is 5.78 Å². The molecule has 4 unspecified atom stereocenters. The number of benzene rings is 1. The second-order valence-electron chi connectivity index (χ2n) is 9.96. The van der Waals surface area contributed by atoms with Crippen LogP contribution in [-0.2, 0) is 9.53 Å². The Balaban J connectivity index is 1.89. The molecule has 2 fully saturated rings. The maximum atomic E-state index is 13.7. The Morgan fingerprint density at radius 2 is 1.93 bits per heavy atom. The molecule has 0 spiro atoms. The van der Waals surface area contributed by atoms with Gasteiger partial charge in [-0.1, -0.05) is 57.2 Å². The SMILES string of the molecule is COC1=CC=C2C(c3ccccc3)C3C(=O)CC(C)(C)CCC3N(CCO)C2[C@@H]1C. The van der Waals surface area contributed by atoms with Gasteiger partial charge < -0.3 is 9.84 Å². The van der Waals surface area contributed by atoms with Gasteiger partial charge in [0.25, 0.3) is 0 Å². The first-order valence-corrected chi connectivity index (χ1v) is 11.3. The van der Waals surface area contributed by atoms with Gasteiger partial charge >= 0.3 is 0 Å². The summed E-state index contributed by atoms with van der Waals surface area (Å²) in [6, 6.07) is 10.8. The highest BCUT2D eigenvalue weighted by Gasteiger charge is 2.53. The first kappa shape index (κ1) is 21.3. The van der Waals surface area contributed by atoms with Crippen LogP contribution in [0.15, 0.2) is 53.8 Å². The molecule has 1 aromatic carbocycles. The van der Waals surface area contributed by atoms with Gasteiger partial charge in [-0.05, 0) is 35.5 Å². The number of β-amino-alcohol motifs (C(OH)–C–C–N with tert-alkyl or cyclic N) is 1. The lowest BCUT2D eigenvalue weighted by Crippen LogP contribution is -2.59. The summed E-state index contributed by atoms with van der Waals surface area (Å²) in [7, 11) is 1.73. The Hall–Kier alpha value is -1.91. The number of aliphatic hydroxyl groups excluding tert-OH is 1. The first-order valence-electron chi connectivity index (χ1n) is 11.3. The van der Waals surface area contributed by atoms with Gasteiger partial charge in [0, 0.05) is 42.8 Å². The molecule has 1 heterocycles. The zero-order valence-corrected chi connectivity index (χ0v) is 18.7. The smallest absolute Gasteiger partial charge is 0.139 e. The van der Waals surface area contributed by atoms with Crippen molar-refractivity contribution in [3.63, 3.8) is 0 Å². The minimum atomic E-state index is -0.0760. The number of ether oxygens (including phenoxy) is 1. The van der Waals surface area contributed by atoms with E-state index < -0.39 is 0 Å². The summed E-state index contributed by atoms with van der Waals surface area (Å²) in [4.78, 5) is 16.1. The second-order valence-corrected chi connectivity index (χ2v) is 9.96. The number of hydrogen-bond acceptors (Lipinski definition) is 4. The molecule has 0 radical (unpaired) electrons. The van der Waals surface area contributed by atoms with Crippen LogP contribution in [0.1, 0.15) is 51.5 Å². The molecule has 4 heteroatoms. The van der Waals surface area contributed by atoms with Crippen molar-refractivity contribution in [3.05, 3.63) is 59.4 Å². The van der Waals surface area contributed by atoms with Gasteiger partial charge in [-0.3, -0.25) is 9.69 Å². The number of hydrogen-bond donors (Lipinski definition) is 1. The normalized spacial score (nSPS) is 33.6. The number of nitrogens with zero attached hydrogens (tertiary/aromatic N) is 1. The average Bonchev–Trinajstić information content (AvgIpc) is 2.84. The molecule has 162 valence electrons. The van der Waals surface area contributed by atoms with Gasteiger partial charge in [0.05, 0.1) is 13.7 Å². The third-order valence-electron chi connectivity index (χ3n) is 7.51. The number of fused-ring (bicyclic) bond motifs is 2. The Kier molecular flexibility index (Phi) is 5.91. The van der Waals surface area contributed by atoms with Gasteiger partial charge in [0.1, 0.15) is 11.5 Å². The summed E-state index contributed by atoms with van der Waals surface area (Å²) in [6.45, 7) is 7.33. The van der Waals surface area contributed by atoms with Crippen LogP contribution in [0.4, 0.5) is 0 Å². The molecule has 1 N–H and O–H groups in total. The highest BCUT2D eigenvalue weighted by Crippen LogP contribution is 2.52. The first-order chi connectivity index (χ1) is 14.4. The third kappa shape index (κ3) is 3.65. The van der Waals surface area contributed by atoms with Gasteiger partial charge in [0.15, 0.2) is 0 Å². The minimum Gasteiger partial charge on any atom is -0.501 e. The molecular weight excluding hydrogens is 374 g/mol. The molecule has 1 saturated heterocycles. The zero-order chi connectivity index (χ0) is 21.5. The Bertz CT molecular complexity index is 841. The van der Waals surface area contributed by atoms with Crippen LogP contribution in [0.5, 0.6) is 0 Å². The third-order valence-corrected chi connectivity index (χ3v) is 7.51. The van der Waals surface area contributed by atoms with Crippen molar-refractivity contribution in [1.29, 1.82) is 0 Å². The number of Topliss-reactive ketones (excluding diaryl/α,β-unsaturated/α-hetero) is 1. The number of ketones is 1. The van der Waals surface area contributed by atoms with Crippen LogP contribution in [0, 0.1) is 17.3 Å². The number of methoxy groups -OCH3 is 1. The molecule has 4 nitrogen and oxygen atoms in total. The molecule has 0 bridgehead atoms. The van der Waals surface area contributed by atoms with E-state index in [1.807, 2.05) is 6.07 Å². The van der Waals surface area contributed by atoms with Crippen molar-refractivity contribution in [2.24, 2.45) is 17.3 Å². The number of carbonyl (C=O) groups excluding carboxylic acids is 1. The van der Waals surface area contributed by atoms with Crippen LogP contribution in [0.25, 0.3) is 0 Å². The maximum absolute atomic E-state index is 13.7. The van der Waals surface area contributed by atoms with Crippen LogP contribution < -0.4 is 0 Å². The van der Waals surface area contributed by atoms with Crippen molar-refractivity contribution in [1.82, 2.24) is 4.90 Å². The summed E-state index contributed by atoms with van der Waals surface area (Å²) >= 11 is 0.